The molecule has 0 aliphatic carbocycles. The van der Waals surface area contributed by atoms with Crippen LogP contribution in [0.15, 0.2) is 6.07 Å². The molecule has 0 atom stereocenters. The first kappa shape index (κ1) is 13.6. The summed E-state index contributed by atoms with van der Waals surface area (Å²) in [5.74, 6) is 0.381. The van der Waals surface area contributed by atoms with E-state index in [2.05, 4.69) is 5.32 Å². The Kier molecular flexibility index (Phi) is 4.23. The second-order valence-corrected chi connectivity index (χ2v) is 4.39. The van der Waals surface area contributed by atoms with Crippen LogP contribution in [0.25, 0.3) is 0 Å². The molecule has 1 rings (SSSR count). The first-order valence-electron chi connectivity index (χ1n) is 5.25. The molecule has 1 aromatic carbocycles. The number of halogens is 1. The minimum Gasteiger partial charge on any atom is -0.409 e. The molecule has 0 aliphatic rings. The number of carbonyl (C=O) groups excluding carboxylic acids is 1. The molecule has 4 nitrogen and oxygen atoms in total. The molecule has 5 heteroatoms. The van der Waals surface area contributed by atoms with Crippen LogP contribution in [0.5, 0.6) is 5.75 Å². The standard InChI is InChI=1S/C12H17ClN2O2/c1-7-6-9(17-12(16)14-3)10(13)8(2)11(7)15(4)5/h6H,1-5H3,(H,14,16). The van der Waals surface area contributed by atoms with Crippen molar-refractivity contribution >= 4 is 23.4 Å². The van der Waals surface area contributed by atoms with Crippen molar-refractivity contribution in [2.24, 2.45) is 0 Å². The minimum atomic E-state index is -0.525. The van der Waals surface area contributed by atoms with Crippen LogP contribution in [-0.2, 0) is 0 Å². The number of aryl methyl sites for hydroxylation is 1. The molecule has 0 saturated heterocycles. The van der Waals surface area contributed by atoms with E-state index in [1.807, 2.05) is 32.8 Å². The van der Waals surface area contributed by atoms with Crippen molar-refractivity contribution in [3.63, 3.8) is 0 Å². The molecule has 0 bridgehead atoms. The van der Waals surface area contributed by atoms with Crippen molar-refractivity contribution in [2.45, 2.75) is 13.8 Å². The molecule has 0 spiro atoms. The Morgan fingerprint density at radius 1 is 1.41 bits per heavy atom. The van der Waals surface area contributed by atoms with Gasteiger partial charge in [0.25, 0.3) is 0 Å². The Bertz CT molecular complexity index is 445. The van der Waals surface area contributed by atoms with Crippen molar-refractivity contribution < 1.29 is 9.53 Å². The zero-order valence-electron chi connectivity index (χ0n) is 10.7. The van der Waals surface area contributed by atoms with Crippen molar-refractivity contribution in [3.05, 3.63) is 22.2 Å². The number of hydrogen-bond donors (Lipinski definition) is 1. The lowest BCUT2D eigenvalue weighted by Gasteiger charge is -2.21. The molecule has 0 unspecified atom stereocenters. The van der Waals surface area contributed by atoms with E-state index in [9.17, 15) is 4.79 Å². The Morgan fingerprint density at radius 3 is 2.47 bits per heavy atom. The number of anilines is 1. The van der Waals surface area contributed by atoms with E-state index in [1.165, 1.54) is 7.05 Å². The number of nitrogens with zero attached hydrogens (tertiary/aromatic N) is 1. The second-order valence-electron chi connectivity index (χ2n) is 4.01. The molecule has 94 valence electrons. The van der Waals surface area contributed by atoms with Crippen LogP contribution in [0.1, 0.15) is 11.1 Å². The lowest BCUT2D eigenvalue weighted by Crippen LogP contribution is -2.22. The fourth-order valence-corrected chi connectivity index (χ4v) is 2.01. The molecule has 1 amide bonds. The number of nitrogens with one attached hydrogen (secondary N) is 1. The van der Waals surface area contributed by atoms with Gasteiger partial charge in [-0.2, -0.15) is 0 Å². The second kappa shape index (κ2) is 5.27. The molecular weight excluding hydrogens is 240 g/mol. The number of amides is 1. The summed E-state index contributed by atoms with van der Waals surface area (Å²) in [7, 11) is 5.40. The van der Waals surface area contributed by atoms with Gasteiger partial charge in [-0.25, -0.2) is 4.79 Å². The average molecular weight is 257 g/mol. The van der Waals surface area contributed by atoms with Crippen LogP contribution >= 0.6 is 11.6 Å². The Balaban J connectivity index is 3.24. The smallest absolute Gasteiger partial charge is 0.409 e. The normalized spacial score (nSPS) is 10.0. The Hall–Kier alpha value is -1.42. The topological polar surface area (TPSA) is 41.6 Å². The highest BCUT2D eigenvalue weighted by molar-refractivity contribution is 6.33. The van der Waals surface area contributed by atoms with Crippen molar-refractivity contribution in [2.75, 3.05) is 26.0 Å². The third kappa shape index (κ3) is 2.82. The lowest BCUT2D eigenvalue weighted by atomic mass is 10.1. The highest BCUT2D eigenvalue weighted by atomic mass is 35.5. The van der Waals surface area contributed by atoms with Gasteiger partial charge in [0, 0.05) is 26.8 Å². The number of rotatable bonds is 2. The summed E-state index contributed by atoms with van der Waals surface area (Å²) < 4.78 is 5.09. The first-order valence-corrected chi connectivity index (χ1v) is 5.62. The summed E-state index contributed by atoms with van der Waals surface area (Å²) >= 11 is 6.18. The Labute approximate surface area is 107 Å². The fourth-order valence-electron chi connectivity index (χ4n) is 1.83. The van der Waals surface area contributed by atoms with E-state index in [4.69, 9.17) is 16.3 Å². The molecule has 17 heavy (non-hydrogen) atoms. The number of hydrogen-bond acceptors (Lipinski definition) is 3. The van der Waals surface area contributed by atoms with Gasteiger partial charge in [0.1, 0.15) is 0 Å². The predicted octanol–water partition coefficient (Wildman–Crippen LogP) is 2.74. The summed E-state index contributed by atoms with van der Waals surface area (Å²) in [5.41, 5.74) is 2.95. The third-order valence-corrected chi connectivity index (χ3v) is 2.95. The van der Waals surface area contributed by atoms with Crippen LogP contribution in [0.2, 0.25) is 5.02 Å². The van der Waals surface area contributed by atoms with E-state index in [0.717, 1.165) is 16.8 Å². The quantitative estimate of drug-likeness (QED) is 0.885. The van der Waals surface area contributed by atoms with Crippen molar-refractivity contribution in [1.29, 1.82) is 0 Å². The molecule has 0 heterocycles. The van der Waals surface area contributed by atoms with E-state index >= 15 is 0 Å². The fraction of sp³-hybridized carbons (Fsp3) is 0.417. The Morgan fingerprint density at radius 2 is 2.00 bits per heavy atom. The van der Waals surface area contributed by atoms with Crippen molar-refractivity contribution in [1.82, 2.24) is 5.32 Å². The van der Waals surface area contributed by atoms with Gasteiger partial charge in [-0.05, 0) is 31.0 Å². The van der Waals surface area contributed by atoms with Crippen LogP contribution in [-0.4, -0.2) is 27.2 Å². The number of carbonyl (C=O) groups is 1. The van der Waals surface area contributed by atoms with E-state index in [0.29, 0.717) is 10.8 Å². The van der Waals surface area contributed by atoms with Crippen LogP contribution < -0.4 is 15.0 Å². The summed E-state index contributed by atoms with van der Waals surface area (Å²) in [6, 6.07) is 1.76. The van der Waals surface area contributed by atoms with Gasteiger partial charge in [0.2, 0.25) is 0 Å². The van der Waals surface area contributed by atoms with E-state index < -0.39 is 6.09 Å². The largest absolute Gasteiger partial charge is 0.412 e. The van der Waals surface area contributed by atoms with Crippen LogP contribution in [0, 0.1) is 13.8 Å². The van der Waals surface area contributed by atoms with Gasteiger partial charge in [-0.3, -0.25) is 0 Å². The molecule has 1 aromatic rings. The summed E-state index contributed by atoms with van der Waals surface area (Å²) in [4.78, 5) is 13.2. The van der Waals surface area contributed by atoms with Gasteiger partial charge in [-0.15, -0.1) is 0 Å². The summed E-state index contributed by atoms with van der Waals surface area (Å²) in [5, 5.41) is 2.85. The monoisotopic (exact) mass is 256 g/mol. The maximum atomic E-state index is 11.2. The molecule has 0 aliphatic heterocycles. The molecule has 0 aromatic heterocycles. The van der Waals surface area contributed by atoms with Gasteiger partial charge in [-0.1, -0.05) is 11.6 Å². The van der Waals surface area contributed by atoms with Gasteiger partial charge >= 0.3 is 6.09 Å². The number of ether oxygens (including phenoxy) is 1. The van der Waals surface area contributed by atoms with E-state index in [-0.39, 0.29) is 0 Å². The van der Waals surface area contributed by atoms with Gasteiger partial charge < -0.3 is 15.0 Å². The molecule has 0 fully saturated rings. The molecule has 1 N–H and O–H groups in total. The number of benzene rings is 1. The highest BCUT2D eigenvalue weighted by Crippen LogP contribution is 2.37. The lowest BCUT2D eigenvalue weighted by molar-refractivity contribution is 0.203. The molecular formula is C12H17ClN2O2. The van der Waals surface area contributed by atoms with Crippen molar-refractivity contribution in [3.8, 4) is 5.75 Å². The maximum Gasteiger partial charge on any atom is 0.412 e. The van der Waals surface area contributed by atoms with Crippen LogP contribution in [0.3, 0.4) is 0 Å². The first-order chi connectivity index (χ1) is 7.88. The van der Waals surface area contributed by atoms with Gasteiger partial charge in [0.05, 0.1) is 5.02 Å². The zero-order valence-corrected chi connectivity index (χ0v) is 11.5. The average Bonchev–Trinajstić information content (AvgIpc) is 2.24. The third-order valence-electron chi connectivity index (χ3n) is 2.48. The summed E-state index contributed by atoms with van der Waals surface area (Å²) in [6.45, 7) is 3.86. The zero-order chi connectivity index (χ0) is 13.2. The predicted molar refractivity (Wildman–Crippen MR) is 70.3 cm³/mol. The van der Waals surface area contributed by atoms with Crippen LogP contribution in [0.4, 0.5) is 10.5 Å². The minimum absolute atomic E-state index is 0.381. The van der Waals surface area contributed by atoms with Gasteiger partial charge in [0.15, 0.2) is 5.75 Å². The maximum absolute atomic E-state index is 11.2. The SMILES string of the molecule is CNC(=O)Oc1cc(C)c(N(C)C)c(C)c1Cl. The summed E-state index contributed by atoms with van der Waals surface area (Å²) in [6.07, 6.45) is -0.525. The van der Waals surface area contributed by atoms with E-state index in [1.54, 1.807) is 6.07 Å². The highest BCUT2D eigenvalue weighted by Gasteiger charge is 2.15. The molecule has 0 radical (unpaired) electrons. The molecule has 0 saturated carbocycles.